The van der Waals surface area contributed by atoms with Gasteiger partial charge in [0.1, 0.15) is 11.4 Å². The molecule has 2 aromatic rings. The van der Waals surface area contributed by atoms with Crippen LogP contribution in [0.4, 0.5) is 23.1 Å². The number of nitrogens with one attached hydrogen (secondary N) is 2. The first-order valence-electron chi connectivity index (χ1n) is 11.1. The first-order chi connectivity index (χ1) is 15.5. The van der Waals surface area contributed by atoms with Gasteiger partial charge in [-0.1, -0.05) is 12.8 Å². The van der Waals surface area contributed by atoms with Crippen molar-refractivity contribution in [2.24, 2.45) is 0 Å². The second-order valence-corrected chi connectivity index (χ2v) is 8.14. The van der Waals surface area contributed by atoms with Gasteiger partial charge >= 0.3 is 0 Å². The summed E-state index contributed by atoms with van der Waals surface area (Å²) in [4.78, 5) is 37.8. The zero-order valence-electron chi connectivity index (χ0n) is 18.9. The Hall–Kier alpha value is -3.36. The molecule has 2 aliphatic rings. The van der Waals surface area contributed by atoms with Crippen LogP contribution in [0.2, 0.25) is 0 Å². The number of nitrogens with zero attached hydrogens (tertiary/aromatic N) is 4. The lowest BCUT2D eigenvalue weighted by atomic mass is 10.1. The standard InChI is InChI=1S/C23H30N6O3/c1-4-24-22(31)15-9-10-17(19(13-15)32-3)26-23-25-14-18-21(27-23)29(16-7-5-6-8-16)12-11-20(30)28(18)2/h9-10,13-14,16H,4-8,11-12H2,1-3H3,(H,24,31)(H,25,26,27). The van der Waals surface area contributed by atoms with Gasteiger partial charge in [-0.15, -0.1) is 0 Å². The van der Waals surface area contributed by atoms with Gasteiger partial charge in [0.15, 0.2) is 5.82 Å². The van der Waals surface area contributed by atoms with Crippen LogP contribution in [0, 0.1) is 0 Å². The highest BCUT2D eigenvalue weighted by atomic mass is 16.5. The zero-order chi connectivity index (χ0) is 22.7. The minimum atomic E-state index is -0.154. The molecule has 9 nitrogen and oxygen atoms in total. The smallest absolute Gasteiger partial charge is 0.251 e. The van der Waals surface area contributed by atoms with Gasteiger partial charge in [0, 0.05) is 38.2 Å². The van der Waals surface area contributed by atoms with E-state index >= 15 is 0 Å². The summed E-state index contributed by atoms with van der Waals surface area (Å²) in [6.45, 7) is 3.08. The summed E-state index contributed by atoms with van der Waals surface area (Å²) in [5, 5.41) is 6.00. The van der Waals surface area contributed by atoms with E-state index in [1.807, 2.05) is 6.92 Å². The van der Waals surface area contributed by atoms with E-state index in [1.165, 1.54) is 12.8 Å². The molecule has 1 aliphatic carbocycles. The quantitative estimate of drug-likeness (QED) is 0.715. The van der Waals surface area contributed by atoms with E-state index in [2.05, 4.69) is 20.5 Å². The van der Waals surface area contributed by atoms with Crippen LogP contribution in [-0.4, -0.2) is 55.1 Å². The predicted octanol–water partition coefficient (Wildman–Crippen LogP) is 3.09. The van der Waals surface area contributed by atoms with Crippen LogP contribution in [0.25, 0.3) is 0 Å². The van der Waals surface area contributed by atoms with Gasteiger partial charge in [-0.2, -0.15) is 4.98 Å². The largest absolute Gasteiger partial charge is 0.495 e. The van der Waals surface area contributed by atoms with Crippen molar-refractivity contribution in [3.05, 3.63) is 30.0 Å². The second kappa shape index (κ2) is 9.42. The molecule has 1 saturated carbocycles. The number of amides is 2. The van der Waals surface area contributed by atoms with Gasteiger partial charge in [-0.3, -0.25) is 9.59 Å². The minimum absolute atomic E-state index is 0.0682. The third-order valence-corrected chi connectivity index (χ3v) is 6.14. The average molecular weight is 439 g/mol. The van der Waals surface area contributed by atoms with Crippen LogP contribution < -0.4 is 25.2 Å². The molecule has 1 aliphatic heterocycles. The Morgan fingerprint density at radius 2 is 2.06 bits per heavy atom. The van der Waals surface area contributed by atoms with Crippen LogP contribution in [0.3, 0.4) is 0 Å². The van der Waals surface area contributed by atoms with Crippen molar-refractivity contribution < 1.29 is 14.3 Å². The van der Waals surface area contributed by atoms with Crippen LogP contribution in [0.1, 0.15) is 49.4 Å². The highest BCUT2D eigenvalue weighted by molar-refractivity contribution is 5.97. The number of rotatable bonds is 6. The Balaban J connectivity index is 1.66. The third-order valence-electron chi connectivity index (χ3n) is 6.14. The van der Waals surface area contributed by atoms with Crippen molar-refractivity contribution in [2.45, 2.75) is 45.1 Å². The fraction of sp³-hybridized carbons (Fsp3) is 0.478. The lowest BCUT2D eigenvalue weighted by Crippen LogP contribution is -2.34. The molecule has 9 heteroatoms. The normalized spacial score (nSPS) is 16.5. The fourth-order valence-electron chi connectivity index (χ4n) is 4.39. The lowest BCUT2D eigenvalue weighted by molar-refractivity contribution is -0.118. The first kappa shape index (κ1) is 21.9. The topological polar surface area (TPSA) is 99.7 Å². The van der Waals surface area contributed by atoms with Gasteiger partial charge in [0.25, 0.3) is 5.91 Å². The molecular weight excluding hydrogens is 408 g/mol. The van der Waals surface area contributed by atoms with Gasteiger partial charge in [0.2, 0.25) is 11.9 Å². The first-order valence-corrected chi connectivity index (χ1v) is 11.1. The summed E-state index contributed by atoms with van der Waals surface area (Å²) < 4.78 is 5.49. The summed E-state index contributed by atoms with van der Waals surface area (Å²) in [5.41, 5.74) is 1.90. The molecule has 0 radical (unpaired) electrons. The summed E-state index contributed by atoms with van der Waals surface area (Å²) >= 11 is 0. The second-order valence-electron chi connectivity index (χ2n) is 8.14. The molecule has 170 valence electrons. The van der Waals surface area contributed by atoms with Crippen molar-refractivity contribution in [1.82, 2.24) is 15.3 Å². The Kier molecular flexibility index (Phi) is 6.43. The molecular formula is C23H30N6O3. The van der Waals surface area contributed by atoms with E-state index < -0.39 is 0 Å². The molecule has 0 saturated heterocycles. The molecule has 0 atom stereocenters. The number of methoxy groups -OCH3 is 1. The van der Waals surface area contributed by atoms with Crippen LogP contribution >= 0.6 is 0 Å². The molecule has 1 aromatic carbocycles. The molecule has 0 bridgehead atoms. The molecule has 2 heterocycles. The van der Waals surface area contributed by atoms with E-state index in [-0.39, 0.29) is 11.8 Å². The number of aromatic nitrogens is 2. The molecule has 1 aromatic heterocycles. The number of benzene rings is 1. The van der Waals surface area contributed by atoms with Crippen molar-refractivity contribution in [3.8, 4) is 5.75 Å². The number of carbonyl (C=O) groups excluding carboxylic acids is 2. The third kappa shape index (κ3) is 4.32. The maximum atomic E-state index is 12.5. The highest BCUT2D eigenvalue weighted by Crippen LogP contribution is 2.36. The molecule has 2 amide bonds. The van der Waals surface area contributed by atoms with E-state index in [9.17, 15) is 9.59 Å². The minimum Gasteiger partial charge on any atom is -0.495 e. The van der Waals surface area contributed by atoms with E-state index in [1.54, 1.807) is 43.5 Å². The Labute approximate surface area is 188 Å². The Bertz CT molecular complexity index is 1010. The Morgan fingerprint density at radius 1 is 1.28 bits per heavy atom. The van der Waals surface area contributed by atoms with Crippen molar-refractivity contribution in [1.29, 1.82) is 0 Å². The number of hydrogen-bond donors (Lipinski definition) is 2. The summed E-state index contributed by atoms with van der Waals surface area (Å²) in [6.07, 6.45) is 6.78. The maximum Gasteiger partial charge on any atom is 0.251 e. The molecule has 32 heavy (non-hydrogen) atoms. The number of fused-ring (bicyclic) bond motifs is 1. The molecule has 0 unspecified atom stereocenters. The van der Waals surface area contributed by atoms with Gasteiger partial charge in [-0.05, 0) is 38.0 Å². The SMILES string of the molecule is CCNC(=O)c1ccc(Nc2ncc3c(n2)N(C2CCCC2)CCC(=O)N3C)c(OC)c1. The van der Waals surface area contributed by atoms with E-state index in [4.69, 9.17) is 9.72 Å². The summed E-state index contributed by atoms with van der Waals surface area (Å²) in [7, 11) is 3.33. The van der Waals surface area contributed by atoms with Crippen LogP contribution in [-0.2, 0) is 4.79 Å². The predicted molar refractivity (Wildman–Crippen MR) is 124 cm³/mol. The van der Waals surface area contributed by atoms with Crippen molar-refractivity contribution in [3.63, 3.8) is 0 Å². The summed E-state index contributed by atoms with van der Waals surface area (Å²) in [6, 6.07) is 5.59. The number of ether oxygens (including phenoxy) is 1. The maximum absolute atomic E-state index is 12.5. The number of hydrogen-bond acceptors (Lipinski definition) is 7. The van der Waals surface area contributed by atoms with Gasteiger partial charge < -0.3 is 25.2 Å². The number of carbonyl (C=O) groups is 2. The van der Waals surface area contributed by atoms with Gasteiger partial charge in [0.05, 0.1) is 19.0 Å². The van der Waals surface area contributed by atoms with E-state index in [0.29, 0.717) is 48.5 Å². The molecule has 2 N–H and O–H groups in total. The fourth-order valence-corrected chi connectivity index (χ4v) is 4.39. The number of anilines is 4. The van der Waals surface area contributed by atoms with Gasteiger partial charge in [-0.25, -0.2) is 4.98 Å². The highest BCUT2D eigenvalue weighted by Gasteiger charge is 2.31. The zero-order valence-corrected chi connectivity index (χ0v) is 18.9. The monoisotopic (exact) mass is 438 g/mol. The van der Waals surface area contributed by atoms with Crippen molar-refractivity contribution >= 4 is 35.0 Å². The average Bonchev–Trinajstić information content (AvgIpc) is 3.30. The van der Waals surface area contributed by atoms with Crippen LogP contribution in [0.15, 0.2) is 24.4 Å². The molecule has 4 rings (SSSR count). The van der Waals surface area contributed by atoms with Crippen molar-refractivity contribution in [2.75, 3.05) is 42.4 Å². The Morgan fingerprint density at radius 3 is 2.78 bits per heavy atom. The van der Waals surface area contributed by atoms with Crippen LogP contribution in [0.5, 0.6) is 5.75 Å². The van der Waals surface area contributed by atoms with E-state index in [0.717, 1.165) is 24.3 Å². The molecule has 1 fully saturated rings. The lowest BCUT2D eigenvalue weighted by Gasteiger charge is -2.30. The molecule has 0 spiro atoms. The summed E-state index contributed by atoms with van der Waals surface area (Å²) in [5.74, 6) is 1.63.